The molecule has 0 spiro atoms. The molecule has 0 bridgehead atoms. The molecule has 0 amide bonds. The highest BCUT2D eigenvalue weighted by Crippen LogP contribution is 2.32. The molecule has 1 saturated carbocycles. The normalized spacial score (nSPS) is 17.4. The van der Waals surface area contributed by atoms with Gasteiger partial charge in [0.2, 0.25) is 5.95 Å². The van der Waals surface area contributed by atoms with Crippen LogP contribution in [0.1, 0.15) is 54.6 Å². The molecule has 3 aromatic heterocycles. The highest BCUT2D eigenvalue weighted by molar-refractivity contribution is 5.99. The molecule has 9 nitrogen and oxygen atoms in total. The number of anilines is 3. The minimum absolute atomic E-state index is 0.0265. The van der Waals surface area contributed by atoms with E-state index in [1.807, 2.05) is 12.1 Å². The molecular formula is C24H28FN7O2. The Kier molecular flexibility index (Phi) is 5.99. The number of nitrogens with one attached hydrogen (secondary N) is 1. The third-order valence-electron chi connectivity index (χ3n) is 6.83. The zero-order valence-electron chi connectivity index (χ0n) is 19.4. The summed E-state index contributed by atoms with van der Waals surface area (Å²) >= 11 is 0. The van der Waals surface area contributed by atoms with Crippen molar-refractivity contribution in [1.82, 2.24) is 24.6 Å². The van der Waals surface area contributed by atoms with E-state index in [4.69, 9.17) is 0 Å². The SMILES string of the molecule is CC(=O)c1c(C)c2cnc(Nc3ccc(N4CCN(F)CC4)cn3)nc2n(C2CCCC2)c1=O. The molecule has 2 aliphatic rings. The fraction of sp³-hybridized carbons (Fsp3) is 0.458. The monoisotopic (exact) mass is 465 g/mol. The van der Waals surface area contributed by atoms with Crippen molar-refractivity contribution in [3.05, 3.63) is 46.0 Å². The third kappa shape index (κ3) is 4.13. The highest BCUT2D eigenvalue weighted by Gasteiger charge is 2.26. The summed E-state index contributed by atoms with van der Waals surface area (Å²) < 4.78 is 15.0. The summed E-state index contributed by atoms with van der Waals surface area (Å²) in [4.78, 5) is 41.3. The van der Waals surface area contributed by atoms with Gasteiger partial charge >= 0.3 is 0 Å². The van der Waals surface area contributed by atoms with Crippen LogP contribution in [0.5, 0.6) is 0 Å². The molecule has 0 atom stereocenters. The number of aryl methyl sites for hydroxylation is 1. The Morgan fingerprint density at radius 2 is 1.82 bits per heavy atom. The van der Waals surface area contributed by atoms with Gasteiger partial charge in [-0.1, -0.05) is 12.8 Å². The van der Waals surface area contributed by atoms with Crippen molar-refractivity contribution in [2.24, 2.45) is 0 Å². The lowest BCUT2D eigenvalue weighted by Crippen LogP contribution is -2.42. The molecule has 1 N–H and O–H groups in total. The average molecular weight is 466 g/mol. The molecule has 1 aliphatic heterocycles. The topological polar surface area (TPSA) is 96.2 Å². The van der Waals surface area contributed by atoms with Crippen LogP contribution in [0.4, 0.5) is 21.9 Å². The second-order valence-corrected chi connectivity index (χ2v) is 9.02. The van der Waals surface area contributed by atoms with E-state index in [-0.39, 0.29) is 22.9 Å². The Balaban J connectivity index is 1.48. The minimum atomic E-state index is -0.273. The summed E-state index contributed by atoms with van der Waals surface area (Å²) in [6, 6.07) is 3.79. The number of hydrogen-bond acceptors (Lipinski definition) is 8. The molecule has 1 aliphatic carbocycles. The number of Topliss-reactive ketones (excluding diaryl/α,β-unsaturated/α-hetero) is 1. The van der Waals surface area contributed by atoms with Crippen LogP contribution >= 0.6 is 0 Å². The van der Waals surface area contributed by atoms with Crippen molar-refractivity contribution in [2.45, 2.75) is 45.6 Å². The number of halogens is 1. The van der Waals surface area contributed by atoms with Gasteiger partial charge in [-0.15, -0.1) is 9.60 Å². The molecule has 3 aromatic rings. The third-order valence-corrected chi connectivity index (χ3v) is 6.83. The van der Waals surface area contributed by atoms with Gasteiger partial charge in [0.25, 0.3) is 5.56 Å². The Morgan fingerprint density at radius 3 is 2.47 bits per heavy atom. The summed E-state index contributed by atoms with van der Waals surface area (Å²) in [5.41, 5.74) is 2.03. The van der Waals surface area contributed by atoms with Crippen LogP contribution < -0.4 is 15.8 Å². The average Bonchev–Trinajstić information content (AvgIpc) is 3.34. The lowest BCUT2D eigenvalue weighted by Gasteiger charge is -2.31. The van der Waals surface area contributed by atoms with Gasteiger partial charge in [-0.2, -0.15) is 4.98 Å². The Morgan fingerprint density at radius 1 is 1.09 bits per heavy atom. The maximum absolute atomic E-state index is 13.3. The molecular weight excluding hydrogens is 437 g/mol. The van der Waals surface area contributed by atoms with E-state index < -0.39 is 0 Å². The van der Waals surface area contributed by atoms with Crippen molar-refractivity contribution in [1.29, 1.82) is 0 Å². The molecule has 0 unspecified atom stereocenters. The number of carbonyl (C=O) groups excluding carboxylic acids is 1. The van der Waals surface area contributed by atoms with Gasteiger partial charge in [0.05, 0.1) is 17.4 Å². The van der Waals surface area contributed by atoms with Crippen LogP contribution in [0.25, 0.3) is 11.0 Å². The summed E-state index contributed by atoms with van der Waals surface area (Å²) in [5, 5.41) is 4.65. The number of aromatic nitrogens is 4. The van der Waals surface area contributed by atoms with Gasteiger partial charge < -0.3 is 10.2 Å². The lowest BCUT2D eigenvalue weighted by atomic mass is 10.0. The first-order chi connectivity index (χ1) is 16.4. The number of pyridine rings is 2. The van der Waals surface area contributed by atoms with E-state index >= 15 is 0 Å². The van der Waals surface area contributed by atoms with Crippen molar-refractivity contribution in [3.63, 3.8) is 0 Å². The first-order valence-electron chi connectivity index (χ1n) is 11.7. The number of piperazine rings is 1. The molecule has 34 heavy (non-hydrogen) atoms. The van der Waals surface area contributed by atoms with Crippen LogP contribution in [-0.2, 0) is 0 Å². The van der Waals surface area contributed by atoms with E-state index in [1.165, 1.54) is 6.92 Å². The van der Waals surface area contributed by atoms with E-state index in [9.17, 15) is 14.1 Å². The fourth-order valence-electron chi connectivity index (χ4n) is 5.01. The maximum Gasteiger partial charge on any atom is 0.263 e. The number of hydrogen-bond donors (Lipinski definition) is 1. The number of ketones is 1. The quantitative estimate of drug-likeness (QED) is 0.451. The van der Waals surface area contributed by atoms with E-state index in [0.29, 0.717) is 54.5 Å². The Hall–Kier alpha value is -3.40. The standard InChI is InChI=1S/C24H28FN7O2/c1-15-19-14-27-24(28-20-8-7-18(13-26-20)30-9-11-31(25)12-10-30)29-22(19)32(17-5-3-4-6-17)23(34)21(15)16(2)33/h7-8,13-14,17H,3-6,9-12H2,1-2H3,(H,26,27,28,29). The summed E-state index contributed by atoms with van der Waals surface area (Å²) in [6.07, 6.45) is 7.30. The van der Waals surface area contributed by atoms with Crippen LogP contribution in [0, 0.1) is 6.92 Å². The van der Waals surface area contributed by atoms with E-state index in [0.717, 1.165) is 36.5 Å². The number of rotatable bonds is 5. The van der Waals surface area contributed by atoms with Gasteiger partial charge in [0.1, 0.15) is 11.5 Å². The molecule has 4 heterocycles. The first-order valence-corrected chi connectivity index (χ1v) is 11.7. The largest absolute Gasteiger partial charge is 0.368 e. The summed E-state index contributed by atoms with van der Waals surface area (Å²) in [7, 11) is 0. The Bertz CT molecular complexity index is 1280. The fourth-order valence-corrected chi connectivity index (χ4v) is 5.01. The van der Waals surface area contributed by atoms with Gasteiger partial charge in [0.15, 0.2) is 5.78 Å². The number of nitrogens with zero attached hydrogens (tertiary/aromatic N) is 6. The van der Waals surface area contributed by atoms with Gasteiger partial charge in [-0.3, -0.25) is 14.2 Å². The van der Waals surface area contributed by atoms with Crippen LogP contribution in [0.2, 0.25) is 0 Å². The highest BCUT2D eigenvalue weighted by atomic mass is 19.2. The van der Waals surface area contributed by atoms with Crippen molar-refractivity contribution in [3.8, 4) is 0 Å². The smallest absolute Gasteiger partial charge is 0.263 e. The minimum Gasteiger partial charge on any atom is -0.368 e. The second kappa shape index (κ2) is 9.09. The molecule has 5 rings (SSSR count). The van der Waals surface area contributed by atoms with E-state index in [1.54, 1.807) is 23.9 Å². The molecule has 0 radical (unpaired) electrons. The van der Waals surface area contributed by atoms with Crippen LogP contribution in [0.3, 0.4) is 0 Å². The summed E-state index contributed by atoms with van der Waals surface area (Å²) in [6.45, 7) is 5.17. The molecule has 178 valence electrons. The first kappa shape index (κ1) is 22.4. The lowest BCUT2D eigenvalue weighted by molar-refractivity contribution is 0.0200. The predicted molar refractivity (Wildman–Crippen MR) is 128 cm³/mol. The predicted octanol–water partition coefficient (Wildman–Crippen LogP) is 3.56. The van der Waals surface area contributed by atoms with Crippen molar-refractivity contribution < 1.29 is 9.28 Å². The van der Waals surface area contributed by atoms with Gasteiger partial charge in [0, 0.05) is 43.8 Å². The van der Waals surface area contributed by atoms with Gasteiger partial charge in [-0.25, -0.2) is 9.97 Å². The van der Waals surface area contributed by atoms with Crippen LogP contribution in [0.15, 0.2) is 29.3 Å². The van der Waals surface area contributed by atoms with Crippen molar-refractivity contribution >= 4 is 34.3 Å². The molecule has 0 aromatic carbocycles. The molecule has 10 heteroatoms. The number of carbonyl (C=O) groups is 1. The zero-order chi connectivity index (χ0) is 23.8. The molecule has 1 saturated heterocycles. The number of fused-ring (bicyclic) bond motifs is 1. The van der Waals surface area contributed by atoms with Crippen molar-refractivity contribution in [2.75, 3.05) is 36.4 Å². The summed E-state index contributed by atoms with van der Waals surface area (Å²) in [5.74, 6) is 0.662. The maximum atomic E-state index is 13.3. The Labute approximate surface area is 196 Å². The molecule has 2 fully saturated rings. The second-order valence-electron chi connectivity index (χ2n) is 9.02. The van der Waals surface area contributed by atoms with E-state index in [2.05, 4.69) is 25.2 Å². The zero-order valence-corrected chi connectivity index (χ0v) is 19.4. The van der Waals surface area contributed by atoms with Gasteiger partial charge in [-0.05, 0) is 44.4 Å². The van der Waals surface area contributed by atoms with Crippen LogP contribution in [-0.4, -0.2) is 56.6 Å².